The van der Waals surface area contributed by atoms with E-state index in [4.69, 9.17) is 4.74 Å². The number of carbonyl (C=O) groups excluding carboxylic acids is 1. The highest BCUT2D eigenvalue weighted by molar-refractivity contribution is 7.97. The summed E-state index contributed by atoms with van der Waals surface area (Å²) in [7, 11) is 0. The molecule has 92 valence electrons. The second kappa shape index (κ2) is 5.69. The van der Waals surface area contributed by atoms with E-state index in [9.17, 15) is 9.18 Å². The van der Waals surface area contributed by atoms with Crippen LogP contribution in [0.1, 0.15) is 15.9 Å². The highest BCUT2D eigenvalue weighted by Gasteiger charge is 2.09. The molecule has 2 nitrogen and oxygen atoms in total. The Kier molecular flexibility index (Phi) is 3.99. The maximum absolute atomic E-state index is 13.5. The van der Waals surface area contributed by atoms with Gasteiger partial charge in [0.2, 0.25) is 5.12 Å². The molecule has 0 bridgehead atoms. The molecule has 0 spiro atoms. The number of hydrogen-bond donors (Lipinski definition) is 1. The molecule has 4 heteroatoms. The van der Waals surface area contributed by atoms with E-state index in [-0.39, 0.29) is 5.56 Å². The van der Waals surface area contributed by atoms with Crippen LogP contribution in [0.2, 0.25) is 0 Å². The molecule has 0 unspecified atom stereocenters. The number of hydrogen-bond acceptors (Lipinski definition) is 2. The topological polar surface area (TPSA) is 26.3 Å². The van der Waals surface area contributed by atoms with Crippen molar-refractivity contribution in [2.45, 2.75) is 6.61 Å². The number of benzene rings is 2. The van der Waals surface area contributed by atoms with Gasteiger partial charge in [0, 0.05) is 6.07 Å². The Morgan fingerprint density at radius 2 is 1.89 bits per heavy atom. The van der Waals surface area contributed by atoms with Crippen molar-refractivity contribution in [3.8, 4) is 5.75 Å². The normalized spacial score (nSPS) is 10.1. The molecule has 18 heavy (non-hydrogen) atoms. The van der Waals surface area contributed by atoms with Crippen molar-refractivity contribution in [2.75, 3.05) is 0 Å². The van der Waals surface area contributed by atoms with Gasteiger partial charge in [0.25, 0.3) is 0 Å². The van der Waals surface area contributed by atoms with E-state index in [2.05, 4.69) is 12.6 Å². The lowest BCUT2D eigenvalue weighted by molar-refractivity contribution is 0.108. The molecule has 0 saturated carbocycles. The zero-order valence-corrected chi connectivity index (χ0v) is 10.4. The standard InChI is InChI=1S/C14H11FO2S/c15-13-8-11(6-7-12(13)14(16)18)17-9-10-4-2-1-3-5-10/h1-8H,9H2,(H,16,18). The van der Waals surface area contributed by atoms with Gasteiger partial charge < -0.3 is 4.74 Å². The van der Waals surface area contributed by atoms with Gasteiger partial charge in [-0.1, -0.05) is 30.3 Å². The first-order chi connectivity index (χ1) is 8.66. The van der Waals surface area contributed by atoms with Crippen LogP contribution in [-0.4, -0.2) is 5.12 Å². The lowest BCUT2D eigenvalue weighted by atomic mass is 10.2. The summed E-state index contributed by atoms with van der Waals surface area (Å²) in [5.74, 6) is -0.241. The minimum absolute atomic E-state index is 0.0506. The minimum atomic E-state index is -0.624. The molecule has 2 rings (SSSR count). The molecule has 0 aliphatic rings. The van der Waals surface area contributed by atoms with Crippen molar-refractivity contribution in [3.05, 3.63) is 65.5 Å². The van der Waals surface area contributed by atoms with Crippen molar-refractivity contribution < 1.29 is 13.9 Å². The number of ether oxygens (including phenoxy) is 1. The highest BCUT2D eigenvalue weighted by atomic mass is 32.1. The summed E-state index contributed by atoms with van der Waals surface area (Å²) >= 11 is 3.58. The fourth-order valence-corrected chi connectivity index (χ4v) is 1.68. The van der Waals surface area contributed by atoms with E-state index in [0.29, 0.717) is 12.4 Å². The van der Waals surface area contributed by atoms with Crippen LogP contribution >= 0.6 is 12.6 Å². The van der Waals surface area contributed by atoms with Gasteiger partial charge in [-0.2, -0.15) is 0 Å². The molecular formula is C14H11FO2S. The Labute approximate surface area is 110 Å². The lowest BCUT2D eigenvalue weighted by Crippen LogP contribution is -1.98. The van der Waals surface area contributed by atoms with Crippen molar-refractivity contribution in [1.82, 2.24) is 0 Å². The van der Waals surface area contributed by atoms with Gasteiger partial charge in [0.1, 0.15) is 18.2 Å². The molecule has 0 fully saturated rings. The Morgan fingerprint density at radius 1 is 1.17 bits per heavy atom. The molecule has 0 aliphatic carbocycles. The number of thiol groups is 1. The van der Waals surface area contributed by atoms with Gasteiger partial charge in [0.15, 0.2) is 0 Å². The van der Waals surface area contributed by atoms with Gasteiger partial charge in [-0.25, -0.2) is 4.39 Å². The van der Waals surface area contributed by atoms with E-state index in [1.54, 1.807) is 6.07 Å². The molecule has 2 aromatic rings. The van der Waals surface area contributed by atoms with Crippen LogP contribution in [0.5, 0.6) is 5.75 Å². The minimum Gasteiger partial charge on any atom is -0.489 e. The summed E-state index contributed by atoms with van der Waals surface area (Å²) < 4.78 is 18.9. The number of rotatable bonds is 4. The monoisotopic (exact) mass is 262 g/mol. The first kappa shape index (κ1) is 12.6. The Bertz CT molecular complexity index is 555. The van der Waals surface area contributed by atoms with Gasteiger partial charge in [-0.3, -0.25) is 4.79 Å². The zero-order valence-electron chi connectivity index (χ0n) is 9.47. The fraction of sp³-hybridized carbons (Fsp3) is 0.0714. The summed E-state index contributed by atoms with van der Waals surface area (Å²) in [6.07, 6.45) is 0. The second-order valence-electron chi connectivity index (χ2n) is 3.72. The maximum Gasteiger partial charge on any atom is 0.219 e. The number of carbonyl (C=O) groups is 1. The van der Waals surface area contributed by atoms with Crippen LogP contribution in [0.4, 0.5) is 4.39 Å². The molecule has 0 aliphatic heterocycles. The third-order valence-electron chi connectivity index (χ3n) is 2.42. The summed E-state index contributed by atoms with van der Waals surface area (Å²) in [4.78, 5) is 10.9. The first-order valence-corrected chi connectivity index (χ1v) is 5.81. The molecule has 0 radical (unpaired) electrons. The molecule has 0 atom stereocenters. The summed E-state index contributed by atoms with van der Waals surface area (Å²) in [6.45, 7) is 0.356. The second-order valence-corrected chi connectivity index (χ2v) is 4.13. The van der Waals surface area contributed by atoms with Gasteiger partial charge in [-0.05, 0) is 17.7 Å². The molecule has 0 amide bonds. The Morgan fingerprint density at radius 3 is 2.50 bits per heavy atom. The van der Waals surface area contributed by atoms with E-state index < -0.39 is 10.9 Å². The molecule has 2 aromatic carbocycles. The third-order valence-corrected chi connectivity index (χ3v) is 2.66. The van der Waals surface area contributed by atoms with E-state index in [1.165, 1.54) is 12.1 Å². The molecular weight excluding hydrogens is 251 g/mol. The lowest BCUT2D eigenvalue weighted by Gasteiger charge is -2.07. The van der Waals surface area contributed by atoms with Crippen LogP contribution < -0.4 is 4.74 Å². The average molecular weight is 262 g/mol. The van der Waals surface area contributed by atoms with Gasteiger partial charge in [-0.15, -0.1) is 12.6 Å². The van der Waals surface area contributed by atoms with Crippen molar-refractivity contribution >= 4 is 17.7 Å². The fourth-order valence-electron chi connectivity index (χ4n) is 1.50. The maximum atomic E-state index is 13.5. The average Bonchev–Trinajstić information content (AvgIpc) is 2.37. The van der Waals surface area contributed by atoms with Crippen LogP contribution in [0, 0.1) is 5.82 Å². The zero-order chi connectivity index (χ0) is 13.0. The van der Waals surface area contributed by atoms with Crippen molar-refractivity contribution in [3.63, 3.8) is 0 Å². The predicted molar refractivity (Wildman–Crippen MR) is 70.5 cm³/mol. The Hall–Kier alpha value is -1.81. The largest absolute Gasteiger partial charge is 0.489 e. The van der Waals surface area contributed by atoms with E-state index in [0.717, 1.165) is 5.56 Å². The smallest absolute Gasteiger partial charge is 0.219 e. The van der Waals surface area contributed by atoms with E-state index >= 15 is 0 Å². The van der Waals surface area contributed by atoms with Gasteiger partial charge in [0.05, 0.1) is 5.56 Å². The van der Waals surface area contributed by atoms with Crippen LogP contribution in [0.15, 0.2) is 48.5 Å². The summed E-state index contributed by atoms with van der Waals surface area (Å²) in [5, 5.41) is -0.595. The third kappa shape index (κ3) is 3.11. The summed E-state index contributed by atoms with van der Waals surface area (Å²) in [6, 6.07) is 13.7. The SMILES string of the molecule is O=C(S)c1ccc(OCc2ccccc2)cc1F. The number of halogens is 1. The van der Waals surface area contributed by atoms with Crippen LogP contribution in [-0.2, 0) is 6.61 Å². The highest BCUT2D eigenvalue weighted by Crippen LogP contribution is 2.19. The predicted octanol–water partition coefficient (Wildman–Crippen LogP) is 3.47. The molecule has 0 N–H and O–H groups in total. The van der Waals surface area contributed by atoms with Gasteiger partial charge >= 0.3 is 0 Å². The molecule has 0 saturated heterocycles. The first-order valence-electron chi connectivity index (χ1n) is 5.36. The molecule has 0 heterocycles. The quantitative estimate of drug-likeness (QED) is 0.854. The molecule has 0 aromatic heterocycles. The van der Waals surface area contributed by atoms with Crippen LogP contribution in [0.3, 0.4) is 0 Å². The Balaban J connectivity index is 2.07. The van der Waals surface area contributed by atoms with Crippen molar-refractivity contribution in [2.24, 2.45) is 0 Å². The van der Waals surface area contributed by atoms with Crippen LogP contribution in [0.25, 0.3) is 0 Å². The summed E-state index contributed by atoms with van der Waals surface area (Å²) in [5.41, 5.74) is 0.942. The van der Waals surface area contributed by atoms with Crippen molar-refractivity contribution in [1.29, 1.82) is 0 Å². The van der Waals surface area contributed by atoms with E-state index in [1.807, 2.05) is 30.3 Å².